The molecule has 0 radical (unpaired) electrons. The molecule has 0 unspecified atom stereocenters. The molecule has 3 aromatic rings. The van der Waals surface area contributed by atoms with Gasteiger partial charge in [0.15, 0.2) is 6.61 Å². The highest BCUT2D eigenvalue weighted by Crippen LogP contribution is 2.18. The minimum atomic E-state index is -0.390. The Morgan fingerprint density at radius 2 is 2.12 bits per heavy atom. The van der Waals surface area contributed by atoms with Gasteiger partial charge in [0, 0.05) is 42.3 Å². The van der Waals surface area contributed by atoms with Crippen molar-refractivity contribution in [2.45, 2.75) is 0 Å². The minimum absolute atomic E-state index is 0.00886. The molecule has 12 heteroatoms. The lowest BCUT2D eigenvalue weighted by molar-refractivity contribution is -0.123. The number of carbonyl (C=O) groups is 1. The fraction of sp³-hybridized carbons (Fsp3) is 0.350. The van der Waals surface area contributed by atoms with E-state index in [2.05, 4.69) is 35.8 Å². The zero-order valence-electron chi connectivity index (χ0n) is 17.3. The summed E-state index contributed by atoms with van der Waals surface area (Å²) in [6.45, 7) is 2.08. The smallest absolute Gasteiger partial charge is 0.323 e. The second kappa shape index (κ2) is 10.5. The molecule has 1 amide bonds. The summed E-state index contributed by atoms with van der Waals surface area (Å²) in [5.74, 6) is 0.196. The van der Waals surface area contributed by atoms with E-state index < -0.39 is 0 Å². The fourth-order valence-electron chi connectivity index (χ4n) is 3.10. The van der Waals surface area contributed by atoms with Gasteiger partial charge in [-0.15, -0.1) is 0 Å². The van der Waals surface area contributed by atoms with E-state index in [9.17, 15) is 4.79 Å². The van der Waals surface area contributed by atoms with E-state index in [0.717, 1.165) is 16.5 Å². The van der Waals surface area contributed by atoms with Gasteiger partial charge in [-0.3, -0.25) is 4.79 Å². The minimum Gasteiger partial charge on any atom is -0.453 e. The monoisotopic (exact) mass is 440 g/mol. The first-order chi connectivity index (χ1) is 15.7. The van der Waals surface area contributed by atoms with E-state index in [0.29, 0.717) is 32.3 Å². The largest absolute Gasteiger partial charge is 0.453 e. The first kappa shape index (κ1) is 21.5. The molecule has 1 aromatic carbocycles. The molecule has 0 saturated carbocycles. The predicted octanol–water partition coefficient (Wildman–Crippen LogP) is 0.123. The third kappa shape index (κ3) is 5.47. The molecule has 4 N–H and O–H groups in total. The number of amides is 1. The van der Waals surface area contributed by atoms with Gasteiger partial charge in [0.25, 0.3) is 11.9 Å². The van der Waals surface area contributed by atoms with Gasteiger partial charge in [-0.2, -0.15) is 20.1 Å². The number of carbonyl (C=O) groups excluding carboxylic acids is 1. The first-order valence-electron chi connectivity index (χ1n) is 10.2. The molecule has 1 fully saturated rings. The van der Waals surface area contributed by atoms with Crippen molar-refractivity contribution in [1.29, 1.82) is 0 Å². The molecule has 0 bridgehead atoms. The second-order valence-corrected chi connectivity index (χ2v) is 6.86. The van der Waals surface area contributed by atoms with Crippen molar-refractivity contribution >= 4 is 34.9 Å². The topological polar surface area (TPSA) is 150 Å². The number of aromatic amines is 1. The number of aliphatic hydroxyl groups excluding tert-OH is 1. The van der Waals surface area contributed by atoms with Gasteiger partial charge in [0.2, 0.25) is 5.95 Å². The van der Waals surface area contributed by atoms with Crippen LogP contribution in [-0.4, -0.2) is 83.2 Å². The number of nitrogens with zero attached hydrogens (tertiary/aromatic N) is 5. The Morgan fingerprint density at radius 3 is 2.97 bits per heavy atom. The molecule has 168 valence electrons. The van der Waals surface area contributed by atoms with Crippen LogP contribution in [0.15, 0.2) is 35.6 Å². The molecule has 1 saturated heterocycles. The number of hydrogen-bond acceptors (Lipinski definition) is 10. The lowest BCUT2D eigenvalue weighted by atomic mass is 10.2. The number of H-pyrrole nitrogens is 1. The number of fused-ring (bicyclic) bond motifs is 1. The molecule has 1 aliphatic heterocycles. The van der Waals surface area contributed by atoms with Gasteiger partial charge in [0.05, 0.1) is 26.0 Å². The van der Waals surface area contributed by atoms with Crippen LogP contribution in [0.2, 0.25) is 0 Å². The molecular formula is C20H24N8O4. The highest BCUT2D eigenvalue weighted by molar-refractivity contribution is 5.99. The highest BCUT2D eigenvalue weighted by Gasteiger charge is 2.17. The van der Waals surface area contributed by atoms with E-state index >= 15 is 0 Å². The summed E-state index contributed by atoms with van der Waals surface area (Å²) in [5.41, 5.74) is 4.73. The summed E-state index contributed by atoms with van der Waals surface area (Å²) >= 11 is 0. The lowest BCUT2D eigenvalue weighted by Crippen LogP contribution is -2.37. The van der Waals surface area contributed by atoms with Crippen LogP contribution in [0, 0.1) is 0 Å². The Hall–Kier alpha value is -3.77. The van der Waals surface area contributed by atoms with E-state index in [1.54, 1.807) is 6.21 Å². The normalized spacial score (nSPS) is 14.1. The van der Waals surface area contributed by atoms with E-state index in [1.807, 2.05) is 35.4 Å². The maximum absolute atomic E-state index is 11.8. The third-order valence-electron chi connectivity index (χ3n) is 4.65. The van der Waals surface area contributed by atoms with E-state index in [1.165, 1.54) is 0 Å². The SMILES string of the molecule is O=C(COc1nc(N/N=C\c2c[nH]c3ccccc23)nc(N2CCOCC2)n1)NCCO. The lowest BCUT2D eigenvalue weighted by Gasteiger charge is -2.26. The van der Waals surface area contributed by atoms with Crippen LogP contribution < -0.4 is 20.4 Å². The van der Waals surface area contributed by atoms with Crippen molar-refractivity contribution in [3.8, 4) is 6.01 Å². The Kier molecular flexibility index (Phi) is 7.05. The van der Waals surface area contributed by atoms with Gasteiger partial charge in [-0.1, -0.05) is 18.2 Å². The first-order valence-corrected chi connectivity index (χ1v) is 10.2. The van der Waals surface area contributed by atoms with Crippen molar-refractivity contribution < 1.29 is 19.4 Å². The number of nitrogens with one attached hydrogen (secondary N) is 3. The standard InChI is InChI=1S/C20H24N8O4/c29-8-5-21-17(30)13-32-20-25-18(24-19(26-20)28-6-9-31-10-7-28)27-23-12-14-11-22-16-4-2-1-3-15(14)16/h1-4,11-12,22,29H,5-10,13H2,(H,21,30)(H,24,25,26,27)/b23-12-. The third-order valence-corrected chi connectivity index (χ3v) is 4.65. The maximum Gasteiger partial charge on any atom is 0.323 e. The van der Waals surface area contributed by atoms with Crippen LogP contribution >= 0.6 is 0 Å². The molecule has 0 atom stereocenters. The van der Waals surface area contributed by atoms with Crippen molar-refractivity contribution in [3.63, 3.8) is 0 Å². The number of ether oxygens (including phenoxy) is 2. The Bertz CT molecular complexity index is 1080. The van der Waals surface area contributed by atoms with Crippen molar-refractivity contribution in [1.82, 2.24) is 25.3 Å². The number of hydrazone groups is 1. The van der Waals surface area contributed by atoms with Crippen LogP contribution in [-0.2, 0) is 9.53 Å². The second-order valence-electron chi connectivity index (χ2n) is 6.86. The van der Waals surface area contributed by atoms with Gasteiger partial charge in [0.1, 0.15) is 0 Å². The summed E-state index contributed by atoms with van der Waals surface area (Å²) < 4.78 is 10.8. The van der Waals surface area contributed by atoms with Gasteiger partial charge in [-0.25, -0.2) is 5.43 Å². The van der Waals surface area contributed by atoms with Crippen molar-refractivity contribution in [2.24, 2.45) is 5.10 Å². The quantitative estimate of drug-likeness (QED) is 0.269. The molecule has 2 aromatic heterocycles. The number of benzene rings is 1. The van der Waals surface area contributed by atoms with Gasteiger partial charge < -0.3 is 29.8 Å². The molecular weight excluding hydrogens is 416 g/mol. The fourth-order valence-corrected chi connectivity index (χ4v) is 3.10. The van der Waals surface area contributed by atoms with Crippen LogP contribution in [0.1, 0.15) is 5.56 Å². The number of aliphatic hydroxyl groups is 1. The van der Waals surface area contributed by atoms with Gasteiger partial charge >= 0.3 is 6.01 Å². The number of morpholine rings is 1. The summed E-state index contributed by atoms with van der Waals surface area (Å²) in [6.07, 6.45) is 3.53. The zero-order chi connectivity index (χ0) is 22.2. The number of rotatable bonds is 9. The summed E-state index contributed by atoms with van der Waals surface area (Å²) in [4.78, 5) is 29.8. The molecule has 32 heavy (non-hydrogen) atoms. The number of aromatic nitrogens is 4. The zero-order valence-corrected chi connectivity index (χ0v) is 17.3. The number of hydrogen-bond donors (Lipinski definition) is 4. The van der Waals surface area contributed by atoms with Crippen LogP contribution in [0.25, 0.3) is 10.9 Å². The summed E-state index contributed by atoms with van der Waals surface area (Å²) in [5, 5.41) is 16.6. The number of anilines is 2. The number of para-hydroxylation sites is 1. The predicted molar refractivity (Wildman–Crippen MR) is 118 cm³/mol. The van der Waals surface area contributed by atoms with Crippen LogP contribution in [0.5, 0.6) is 6.01 Å². The maximum atomic E-state index is 11.8. The Morgan fingerprint density at radius 1 is 1.28 bits per heavy atom. The molecule has 4 rings (SSSR count). The highest BCUT2D eigenvalue weighted by atomic mass is 16.5. The Labute approximate surface area is 183 Å². The molecule has 0 spiro atoms. The van der Waals surface area contributed by atoms with E-state index in [-0.39, 0.29) is 37.6 Å². The average molecular weight is 440 g/mol. The average Bonchev–Trinajstić information content (AvgIpc) is 3.25. The molecule has 1 aliphatic rings. The van der Waals surface area contributed by atoms with Crippen molar-refractivity contribution in [2.75, 3.05) is 56.4 Å². The summed E-state index contributed by atoms with van der Waals surface area (Å²) in [6, 6.07) is 7.90. The molecule has 0 aliphatic carbocycles. The van der Waals surface area contributed by atoms with Crippen LogP contribution in [0.3, 0.4) is 0 Å². The van der Waals surface area contributed by atoms with Crippen LogP contribution in [0.4, 0.5) is 11.9 Å². The van der Waals surface area contributed by atoms with E-state index in [4.69, 9.17) is 14.6 Å². The van der Waals surface area contributed by atoms with Gasteiger partial charge in [-0.05, 0) is 6.07 Å². The molecule has 3 heterocycles. The Balaban J connectivity index is 1.49. The molecule has 12 nitrogen and oxygen atoms in total. The summed E-state index contributed by atoms with van der Waals surface area (Å²) in [7, 11) is 0. The van der Waals surface area contributed by atoms with Crippen molar-refractivity contribution in [3.05, 3.63) is 36.0 Å².